The highest BCUT2D eigenvalue weighted by molar-refractivity contribution is 5.97. The fourth-order valence-electron chi connectivity index (χ4n) is 6.49. The van der Waals surface area contributed by atoms with E-state index in [4.69, 9.17) is 0 Å². The summed E-state index contributed by atoms with van der Waals surface area (Å²) in [7, 11) is 0. The van der Waals surface area contributed by atoms with Crippen molar-refractivity contribution in [2.75, 3.05) is 0 Å². The molecule has 0 aromatic heterocycles. The molecule has 0 saturated heterocycles. The second-order valence-electron chi connectivity index (χ2n) is 15.0. The standard InChI is InChI=1S/C45H64N2O8/c1-6-9-12-17-40(45(54)55)47-43(52)31(4)29-42(51)39(28-19-32(5)48)46-44(53)37(15-11-8-3)30-38(49)16-13-18-41(50)36-26-24-35(25-27-36)34-22-20-33(21-23-34)14-10-7-2/h20-27,31,37,39-40H,6-19,28-30H2,1-5H3,(H,46,53)(H,47,52)(H,54,55)/t31-,37-,39+,40+/m1/s1. The minimum atomic E-state index is -1.14. The van der Waals surface area contributed by atoms with Gasteiger partial charge in [-0.3, -0.25) is 24.0 Å². The first-order valence-electron chi connectivity index (χ1n) is 20.4. The summed E-state index contributed by atoms with van der Waals surface area (Å²) in [4.78, 5) is 89.5. The molecule has 0 aliphatic heterocycles. The zero-order valence-electron chi connectivity index (χ0n) is 33.8. The van der Waals surface area contributed by atoms with Gasteiger partial charge < -0.3 is 20.5 Å². The predicted octanol–water partition coefficient (Wildman–Crippen LogP) is 8.41. The van der Waals surface area contributed by atoms with Crippen LogP contribution in [0.5, 0.6) is 0 Å². The highest BCUT2D eigenvalue weighted by atomic mass is 16.4. The molecule has 3 N–H and O–H groups in total. The van der Waals surface area contributed by atoms with E-state index >= 15 is 0 Å². The maximum Gasteiger partial charge on any atom is 0.326 e. The number of nitrogens with one attached hydrogen (secondary N) is 2. The van der Waals surface area contributed by atoms with Gasteiger partial charge in [0.2, 0.25) is 11.8 Å². The molecule has 10 heteroatoms. The zero-order valence-corrected chi connectivity index (χ0v) is 33.8. The Kier molecular flexibility index (Phi) is 21.7. The minimum absolute atomic E-state index is 0.0347. The van der Waals surface area contributed by atoms with Crippen LogP contribution in [0.3, 0.4) is 0 Å². The Morgan fingerprint density at radius 1 is 0.618 bits per heavy atom. The molecule has 4 atom stereocenters. The van der Waals surface area contributed by atoms with Gasteiger partial charge >= 0.3 is 5.97 Å². The van der Waals surface area contributed by atoms with Crippen molar-refractivity contribution in [3.8, 4) is 11.1 Å². The van der Waals surface area contributed by atoms with Gasteiger partial charge in [-0.25, -0.2) is 4.79 Å². The summed E-state index contributed by atoms with van der Waals surface area (Å²) in [5.41, 5.74) is 4.00. The van der Waals surface area contributed by atoms with Crippen molar-refractivity contribution in [3.63, 3.8) is 0 Å². The number of rotatable bonds is 29. The van der Waals surface area contributed by atoms with Gasteiger partial charge in [-0.1, -0.05) is 115 Å². The number of amides is 2. The van der Waals surface area contributed by atoms with Crippen molar-refractivity contribution in [3.05, 3.63) is 59.7 Å². The molecule has 0 unspecified atom stereocenters. The monoisotopic (exact) mass is 760 g/mol. The SMILES string of the molecule is CCCCC[C@H](NC(=O)[C@H](C)CC(=O)[C@H](CCC(C)=O)NC(=O)[C@H](CCCC)CC(=O)CCCC(=O)c1ccc(-c2ccc(CCCC)cc2)cc1)C(=O)O. The number of aryl methyl sites for hydroxylation is 1. The Morgan fingerprint density at radius 2 is 1.22 bits per heavy atom. The molecule has 0 spiro atoms. The van der Waals surface area contributed by atoms with Crippen LogP contribution in [0.4, 0.5) is 0 Å². The fourth-order valence-corrected chi connectivity index (χ4v) is 6.49. The number of ketones is 4. The van der Waals surface area contributed by atoms with E-state index in [1.54, 1.807) is 0 Å². The van der Waals surface area contributed by atoms with Crippen molar-refractivity contribution >= 4 is 40.9 Å². The molecule has 0 saturated carbocycles. The maximum absolute atomic E-state index is 13.6. The normalized spacial score (nSPS) is 13.3. The quantitative estimate of drug-likeness (QED) is 0.0550. The number of carbonyl (C=O) groups is 7. The van der Waals surface area contributed by atoms with Crippen LogP contribution in [0, 0.1) is 11.8 Å². The molecule has 0 heterocycles. The lowest BCUT2D eigenvalue weighted by Gasteiger charge is -2.23. The lowest BCUT2D eigenvalue weighted by molar-refractivity contribution is -0.142. The van der Waals surface area contributed by atoms with Crippen LogP contribution in [0.15, 0.2) is 48.5 Å². The van der Waals surface area contributed by atoms with Gasteiger partial charge in [-0.05, 0) is 62.1 Å². The van der Waals surface area contributed by atoms with Gasteiger partial charge in [0.05, 0.1) is 6.04 Å². The first-order chi connectivity index (χ1) is 26.3. The van der Waals surface area contributed by atoms with Crippen molar-refractivity contribution in [1.29, 1.82) is 0 Å². The van der Waals surface area contributed by atoms with E-state index in [1.807, 2.05) is 38.1 Å². The van der Waals surface area contributed by atoms with E-state index in [9.17, 15) is 38.7 Å². The molecule has 2 rings (SSSR count). The lowest BCUT2D eigenvalue weighted by Crippen LogP contribution is -2.47. The molecule has 0 aliphatic carbocycles. The van der Waals surface area contributed by atoms with Gasteiger partial charge in [0, 0.05) is 49.5 Å². The van der Waals surface area contributed by atoms with Gasteiger partial charge in [-0.15, -0.1) is 0 Å². The van der Waals surface area contributed by atoms with Crippen LogP contribution < -0.4 is 10.6 Å². The number of unbranched alkanes of at least 4 members (excludes halogenated alkanes) is 4. The molecule has 10 nitrogen and oxygen atoms in total. The van der Waals surface area contributed by atoms with Crippen molar-refractivity contribution in [2.45, 2.75) is 156 Å². The van der Waals surface area contributed by atoms with Crippen LogP contribution >= 0.6 is 0 Å². The topological polar surface area (TPSA) is 164 Å². The van der Waals surface area contributed by atoms with Crippen molar-refractivity contribution in [2.24, 2.45) is 11.8 Å². The van der Waals surface area contributed by atoms with Crippen molar-refractivity contribution in [1.82, 2.24) is 10.6 Å². The van der Waals surface area contributed by atoms with E-state index in [0.717, 1.165) is 49.7 Å². The van der Waals surface area contributed by atoms with E-state index in [-0.39, 0.29) is 62.3 Å². The molecule has 302 valence electrons. The van der Waals surface area contributed by atoms with E-state index in [2.05, 4.69) is 41.8 Å². The molecule has 0 fully saturated rings. The van der Waals surface area contributed by atoms with E-state index < -0.39 is 47.5 Å². The second kappa shape index (κ2) is 25.6. The van der Waals surface area contributed by atoms with Gasteiger partial charge in [0.25, 0.3) is 0 Å². The third kappa shape index (κ3) is 17.7. The molecular formula is C45H64N2O8. The van der Waals surface area contributed by atoms with Crippen LogP contribution in [-0.4, -0.2) is 58.1 Å². The lowest BCUT2D eigenvalue weighted by atomic mass is 9.91. The highest BCUT2D eigenvalue weighted by Crippen LogP contribution is 2.23. The average Bonchev–Trinajstić information content (AvgIpc) is 3.16. The first-order valence-corrected chi connectivity index (χ1v) is 20.4. The molecule has 55 heavy (non-hydrogen) atoms. The Morgan fingerprint density at radius 3 is 1.80 bits per heavy atom. The number of Topliss-reactive ketones (excluding diaryl/α,β-unsaturated/α-hetero) is 4. The molecule has 2 amide bonds. The molecule has 0 radical (unpaired) electrons. The Balaban J connectivity index is 1.98. The molecule has 0 aliphatic rings. The number of aliphatic carboxylic acids is 1. The second-order valence-corrected chi connectivity index (χ2v) is 15.0. The van der Waals surface area contributed by atoms with Crippen LogP contribution in [0.1, 0.15) is 153 Å². The molecular weight excluding hydrogens is 697 g/mol. The Bertz CT molecular complexity index is 1550. The summed E-state index contributed by atoms with van der Waals surface area (Å²) in [6, 6.07) is 13.9. The zero-order chi connectivity index (χ0) is 40.8. The van der Waals surface area contributed by atoms with Crippen LogP contribution in [0.25, 0.3) is 11.1 Å². The molecule has 0 bridgehead atoms. The highest BCUT2D eigenvalue weighted by Gasteiger charge is 2.30. The largest absolute Gasteiger partial charge is 0.480 e. The maximum atomic E-state index is 13.6. The summed E-state index contributed by atoms with van der Waals surface area (Å²) < 4.78 is 0. The van der Waals surface area contributed by atoms with Gasteiger partial charge in [0.15, 0.2) is 11.6 Å². The first kappa shape index (κ1) is 46.7. The number of hydrogen-bond donors (Lipinski definition) is 3. The van der Waals surface area contributed by atoms with E-state index in [0.29, 0.717) is 31.2 Å². The van der Waals surface area contributed by atoms with Crippen LogP contribution in [0.2, 0.25) is 0 Å². The predicted molar refractivity (Wildman–Crippen MR) is 216 cm³/mol. The van der Waals surface area contributed by atoms with Gasteiger partial charge in [-0.2, -0.15) is 0 Å². The summed E-state index contributed by atoms with van der Waals surface area (Å²) in [6.45, 7) is 9.06. The fraction of sp³-hybridized carbons (Fsp3) is 0.578. The van der Waals surface area contributed by atoms with Crippen molar-refractivity contribution < 1.29 is 38.7 Å². The Hall–Kier alpha value is -4.47. The molecule has 2 aromatic carbocycles. The number of carbonyl (C=O) groups excluding carboxylic acids is 6. The smallest absolute Gasteiger partial charge is 0.326 e. The molecule has 2 aromatic rings. The summed E-state index contributed by atoms with van der Waals surface area (Å²) in [6.07, 6.45) is 8.43. The third-order valence-corrected chi connectivity index (χ3v) is 10.1. The van der Waals surface area contributed by atoms with Crippen LogP contribution in [-0.2, 0) is 35.2 Å². The van der Waals surface area contributed by atoms with E-state index in [1.165, 1.54) is 19.4 Å². The Labute approximate surface area is 328 Å². The summed E-state index contributed by atoms with van der Waals surface area (Å²) in [5, 5.41) is 14.9. The summed E-state index contributed by atoms with van der Waals surface area (Å²) >= 11 is 0. The number of benzene rings is 2. The number of carboxylic acid groups (broad SMARTS) is 1. The number of carboxylic acids is 1. The van der Waals surface area contributed by atoms with Gasteiger partial charge in [0.1, 0.15) is 17.6 Å². The average molecular weight is 761 g/mol. The minimum Gasteiger partial charge on any atom is -0.480 e. The summed E-state index contributed by atoms with van der Waals surface area (Å²) in [5.74, 6) is -4.53. The third-order valence-electron chi connectivity index (χ3n) is 10.1. The number of hydrogen-bond acceptors (Lipinski definition) is 7.